The lowest BCUT2D eigenvalue weighted by Crippen LogP contribution is -2.36. The summed E-state index contributed by atoms with van der Waals surface area (Å²) in [6.07, 6.45) is -2.09. The fraction of sp³-hybridized carbons (Fsp3) is 0.682. The number of aliphatic hydroxyl groups is 2. The first-order valence-electron chi connectivity index (χ1n) is 24.6. The molecule has 2 aliphatic rings. The summed E-state index contributed by atoms with van der Waals surface area (Å²) in [7, 11) is -7.77. The second-order valence-corrected chi connectivity index (χ2v) is 21.8. The molecule has 6 atom stereocenters. The smallest absolute Gasteiger partial charge is 0.340 e. The number of aromatic nitrogens is 7. The highest BCUT2D eigenvalue weighted by Gasteiger charge is 2.46. The van der Waals surface area contributed by atoms with Gasteiger partial charge in [0.2, 0.25) is 11.0 Å². The van der Waals surface area contributed by atoms with E-state index in [1.807, 2.05) is 11.9 Å². The number of aliphatic hydroxyl groups excluding tert-OH is 2. The van der Waals surface area contributed by atoms with Crippen LogP contribution in [0.2, 0.25) is 5.28 Å². The number of carbonyl (C=O) groups is 1. The number of likely N-dealkylation sites (N-methyl/N-ethyl adjacent to an activating group) is 1. The molecule has 0 amide bonds. The van der Waals surface area contributed by atoms with Gasteiger partial charge in [0.05, 0.1) is 143 Å². The minimum absolute atomic E-state index is 0.0403. The van der Waals surface area contributed by atoms with Crippen LogP contribution in [0.4, 0.5) is 19.0 Å². The lowest BCUT2D eigenvalue weighted by atomic mass is 10.1. The number of halogens is 4. The maximum absolute atomic E-state index is 13.6. The maximum atomic E-state index is 13.6. The molecule has 1 aromatic carbocycles. The number of carbonyl (C=O) groups excluding carboxylic acids is 1. The van der Waals surface area contributed by atoms with Gasteiger partial charge >= 0.3 is 21.2 Å². The molecule has 0 saturated carbocycles. The molecule has 5 heterocycles. The van der Waals surface area contributed by atoms with Gasteiger partial charge < -0.3 is 81.7 Å². The van der Waals surface area contributed by atoms with E-state index in [4.69, 9.17) is 68.5 Å². The van der Waals surface area contributed by atoms with Gasteiger partial charge in [-0.3, -0.25) is 18.8 Å². The Labute approximate surface area is 450 Å². The summed E-state index contributed by atoms with van der Waals surface area (Å²) < 4.78 is 126. The summed E-state index contributed by atoms with van der Waals surface area (Å²) in [5.74, 6) is -6.60. The number of hydrogen-bond donors (Lipinski definition) is 5. The Morgan fingerprint density at radius 3 is 2.00 bits per heavy atom. The molecule has 78 heavy (non-hydrogen) atoms. The third kappa shape index (κ3) is 20.9. The van der Waals surface area contributed by atoms with Crippen LogP contribution in [0.5, 0.6) is 5.75 Å². The predicted molar refractivity (Wildman–Crippen MR) is 264 cm³/mol. The summed E-state index contributed by atoms with van der Waals surface area (Å²) in [6, 6.07) is 0.870. The number of likely N-dealkylation sites (tertiary alicyclic amines) is 1. The zero-order valence-electron chi connectivity index (χ0n) is 42.5. The van der Waals surface area contributed by atoms with Crippen molar-refractivity contribution in [3.63, 3.8) is 0 Å². The topological polar surface area (TPSA) is 335 Å². The van der Waals surface area contributed by atoms with Crippen LogP contribution < -0.4 is 9.64 Å². The number of benzene rings is 1. The molecule has 2 unspecified atom stereocenters. The van der Waals surface area contributed by atoms with Crippen molar-refractivity contribution < 1.29 is 104 Å². The normalized spacial score (nSPS) is 19.8. The first-order chi connectivity index (χ1) is 37.4. The minimum atomic E-state index is -4.89. The van der Waals surface area contributed by atoms with Crippen molar-refractivity contribution in [1.29, 1.82) is 0 Å². The summed E-state index contributed by atoms with van der Waals surface area (Å²) in [4.78, 5) is 52.7. The molecule has 2 aliphatic heterocycles. The molecule has 4 aromatic rings. The fourth-order valence-electron chi connectivity index (χ4n) is 7.79. The molecule has 34 heteroatoms. The van der Waals surface area contributed by atoms with Gasteiger partial charge in [0.25, 0.3) is 0 Å². The van der Waals surface area contributed by atoms with Crippen LogP contribution >= 0.6 is 26.8 Å². The van der Waals surface area contributed by atoms with E-state index in [0.717, 1.165) is 13.0 Å². The van der Waals surface area contributed by atoms with Gasteiger partial charge in [-0.05, 0) is 18.0 Å². The first kappa shape index (κ1) is 63.3. The molecule has 2 fully saturated rings. The highest BCUT2D eigenvalue weighted by molar-refractivity contribution is 7.70. The third-order valence-electron chi connectivity index (χ3n) is 11.6. The van der Waals surface area contributed by atoms with Gasteiger partial charge in [-0.25, -0.2) is 22.5 Å². The van der Waals surface area contributed by atoms with Crippen molar-refractivity contribution in [3.8, 4) is 5.75 Å². The van der Waals surface area contributed by atoms with Crippen molar-refractivity contribution in [2.45, 2.75) is 56.6 Å². The number of ether oxygens (including phenoxy) is 10. The standard InChI is InChI=1S/C44H65ClF3N9O19P2/c1-54(41-33-24-49-57(42(33)51-44(45)50-41)43-39(60)38(59)36(75-43)28-74-78(64,65)29-77(61,62)63)32-2-4-55(26-32)5-8-67-11-14-70-18-19-72-20-21-73-27-31-25-56(53-52-31)6-9-68-12-15-71-17-16-69-13-10-66-7-3-37(58)76-40-34(47)22-30(46)23-35(40)48/h22-25,32,36,38-39,43,59-60H,2-21,26-29H2,1H3,(H,64,65)(H2,61,62,63)/t32?,36-,38-,39-,43-/m1/s1. The number of rotatable bonds is 38. The van der Waals surface area contributed by atoms with Gasteiger partial charge in [0.1, 0.15) is 35.6 Å². The van der Waals surface area contributed by atoms with Crippen molar-refractivity contribution in [2.75, 3.05) is 143 Å². The van der Waals surface area contributed by atoms with E-state index in [9.17, 15) is 42.2 Å². The van der Waals surface area contributed by atoms with Gasteiger partial charge in [-0.15, -0.1) is 5.10 Å². The Bertz CT molecular complexity index is 2560. The second kappa shape index (κ2) is 31.9. The van der Waals surface area contributed by atoms with E-state index < -0.39 is 81.4 Å². The Hall–Kier alpha value is -3.92. The molecule has 5 N–H and O–H groups in total. The molecule has 28 nitrogen and oxygen atoms in total. The lowest BCUT2D eigenvalue weighted by molar-refractivity contribution is -0.136. The van der Waals surface area contributed by atoms with Crippen molar-refractivity contribution in [3.05, 3.63) is 53.0 Å². The molecule has 0 bridgehead atoms. The summed E-state index contributed by atoms with van der Waals surface area (Å²) in [5, 5.41) is 34.3. The van der Waals surface area contributed by atoms with Gasteiger partial charge in [0.15, 0.2) is 29.4 Å². The van der Waals surface area contributed by atoms with Crippen LogP contribution in [0, 0.1) is 17.5 Å². The Kier molecular flexibility index (Phi) is 25.9. The molecule has 438 valence electrons. The number of hydrogen-bond acceptors (Lipinski definition) is 23. The third-order valence-corrected chi connectivity index (χ3v) is 15.3. The van der Waals surface area contributed by atoms with Gasteiger partial charge in [-0.1, -0.05) is 5.21 Å². The highest BCUT2D eigenvalue weighted by atomic mass is 35.5. The quantitative estimate of drug-likeness (QED) is 0.0139. The molecular weight excluding hydrogens is 1110 g/mol. The zero-order chi connectivity index (χ0) is 56.1. The number of nitrogens with zero attached hydrogens (tertiary/aromatic N) is 9. The molecule has 0 radical (unpaired) electrons. The largest absolute Gasteiger partial charge is 0.420 e. The predicted octanol–water partition coefficient (Wildman–Crippen LogP) is 1.28. The summed E-state index contributed by atoms with van der Waals surface area (Å²) in [6.45, 7) is 7.16. The SMILES string of the molecule is CN(c1nc(Cl)nc2c1cnn2[C@@H]1O[C@H](COP(=O)(O)CP(=O)(O)O)[C@@H](O)[C@H]1O)C1CCN(CCOCCOCCOCCOCc2cn(CCOCCOCCOCCOCCC(=O)Oc3c(F)cc(F)cc3F)nn2)C1. The van der Waals surface area contributed by atoms with Crippen LogP contribution in [0.1, 0.15) is 24.8 Å². The molecule has 0 aliphatic carbocycles. The van der Waals surface area contributed by atoms with E-state index in [1.165, 1.54) is 10.9 Å². The van der Waals surface area contributed by atoms with E-state index in [1.54, 1.807) is 10.9 Å². The zero-order valence-corrected chi connectivity index (χ0v) is 45.1. The van der Waals surface area contributed by atoms with Crippen LogP contribution in [0.25, 0.3) is 11.0 Å². The van der Waals surface area contributed by atoms with E-state index >= 15 is 0 Å². The summed E-state index contributed by atoms with van der Waals surface area (Å²) >= 11 is 6.36. The van der Waals surface area contributed by atoms with Crippen molar-refractivity contribution in [1.82, 2.24) is 39.6 Å². The molecule has 2 saturated heterocycles. The minimum Gasteiger partial charge on any atom is -0.420 e. The number of esters is 1. The monoisotopic (exact) mass is 1180 g/mol. The maximum Gasteiger partial charge on any atom is 0.340 e. The lowest BCUT2D eigenvalue weighted by Gasteiger charge is -2.26. The second-order valence-electron chi connectivity index (χ2n) is 17.5. The fourth-order valence-corrected chi connectivity index (χ4v) is 10.5. The molecule has 0 spiro atoms. The first-order valence-corrected chi connectivity index (χ1v) is 28.6. The van der Waals surface area contributed by atoms with Crippen LogP contribution in [0.3, 0.4) is 0 Å². The van der Waals surface area contributed by atoms with E-state index in [-0.39, 0.29) is 49.8 Å². The number of anilines is 1. The van der Waals surface area contributed by atoms with E-state index in [2.05, 4.69) is 35.0 Å². The van der Waals surface area contributed by atoms with Gasteiger partial charge in [-0.2, -0.15) is 15.1 Å². The number of fused-ring (bicyclic) bond motifs is 1. The van der Waals surface area contributed by atoms with Gasteiger partial charge in [0, 0.05) is 44.9 Å². The molecule has 3 aromatic heterocycles. The Morgan fingerprint density at radius 1 is 0.808 bits per heavy atom. The summed E-state index contributed by atoms with van der Waals surface area (Å²) in [5.41, 5.74) is 0.851. The van der Waals surface area contributed by atoms with Crippen LogP contribution in [0.15, 0.2) is 24.5 Å². The molecular formula is C44H65ClF3N9O19P2. The van der Waals surface area contributed by atoms with Crippen LogP contribution in [-0.4, -0.2) is 233 Å². The van der Waals surface area contributed by atoms with E-state index in [0.29, 0.717) is 128 Å². The molecule has 6 rings (SSSR count). The Morgan fingerprint density at radius 2 is 1.38 bits per heavy atom. The van der Waals surface area contributed by atoms with Crippen molar-refractivity contribution in [2.24, 2.45) is 0 Å². The Balaban J connectivity index is 0.716. The van der Waals surface area contributed by atoms with Crippen LogP contribution in [-0.2, 0) is 74.2 Å². The average Bonchev–Trinajstić information content (AvgIpc) is 4.38. The highest BCUT2D eigenvalue weighted by Crippen LogP contribution is 2.55. The van der Waals surface area contributed by atoms with Crippen molar-refractivity contribution >= 4 is 49.6 Å². The average molecular weight is 1180 g/mol.